The van der Waals surface area contributed by atoms with Crippen LogP contribution in [-0.2, 0) is 36.3 Å². The molecule has 34 heavy (non-hydrogen) atoms. The van der Waals surface area contributed by atoms with E-state index < -0.39 is 54.2 Å². The smallest absolute Gasteiger partial charge is 0.382 e. The van der Waals surface area contributed by atoms with Crippen molar-refractivity contribution in [3.63, 3.8) is 0 Å². The number of ether oxygens (including phenoxy) is 2. The van der Waals surface area contributed by atoms with E-state index in [1.54, 1.807) is 0 Å². The van der Waals surface area contributed by atoms with Crippen LogP contribution >= 0.6 is 23.5 Å². The molecule has 0 spiro atoms. The Morgan fingerprint density at radius 2 is 1.82 bits per heavy atom. The van der Waals surface area contributed by atoms with Crippen molar-refractivity contribution in [3.8, 4) is 0 Å². The number of imidazole rings is 1. The standard InChI is InChI=1S/C12H20FN6O12P3/c1-12(3-28-33(23,24)31-34(25,26)30-32(20,21)22)7(13)6(27-2)10(29-12)19-4-16-5-8(14)17-11(15)18-9(5)19/h4,6-7,10H,3H2,1-2H3,(H,23,24)(H,25,26)(H2,20,21,22)(H4,14,15,17,18)/t6-,7+,10-,12-/m1/s1. The zero-order valence-corrected chi connectivity index (χ0v) is 19.9. The molecule has 2 unspecified atom stereocenters. The van der Waals surface area contributed by atoms with Gasteiger partial charge in [0.1, 0.15) is 17.2 Å². The summed E-state index contributed by atoms with van der Waals surface area (Å²) in [5.74, 6) is -0.258. The number of alkyl halides is 1. The average Bonchev–Trinajstić information content (AvgIpc) is 3.17. The highest BCUT2D eigenvalue weighted by molar-refractivity contribution is 7.66. The molecule has 1 fully saturated rings. The van der Waals surface area contributed by atoms with E-state index in [-0.39, 0.29) is 22.9 Å². The lowest BCUT2D eigenvalue weighted by atomic mass is 10.00. The van der Waals surface area contributed by atoms with Crippen LogP contribution in [0.25, 0.3) is 11.2 Å². The van der Waals surface area contributed by atoms with Crippen LogP contribution in [0, 0.1) is 0 Å². The van der Waals surface area contributed by atoms with E-state index in [0.717, 1.165) is 6.92 Å². The predicted molar refractivity (Wildman–Crippen MR) is 108 cm³/mol. The third-order valence-corrected chi connectivity index (χ3v) is 8.27. The fraction of sp³-hybridized carbons (Fsp3) is 0.583. The molecule has 192 valence electrons. The number of hydrogen-bond acceptors (Lipinski definition) is 13. The molecule has 0 aromatic carbocycles. The van der Waals surface area contributed by atoms with Crippen LogP contribution in [0.5, 0.6) is 0 Å². The second-order valence-corrected chi connectivity index (χ2v) is 11.5. The van der Waals surface area contributed by atoms with Gasteiger partial charge >= 0.3 is 23.5 Å². The summed E-state index contributed by atoms with van der Waals surface area (Å²) < 4.78 is 73.3. The molecular formula is C12H20FN6O12P3. The molecule has 3 heterocycles. The van der Waals surface area contributed by atoms with Gasteiger partial charge in [-0.05, 0) is 6.92 Å². The molecular weight excluding hydrogens is 532 g/mol. The monoisotopic (exact) mass is 552 g/mol. The van der Waals surface area contributed by atoms with Crippen molar-refractivity contribution in [2.75, 3.05) is 25.2 Å². The summed E-state index contributed by atoms with van der Waals surface area (Å²) in [6.45, 7) is 0.0747. The van der Waals surface area contributed by atoms with Crippen molar-refractivity contribution in [1.29, 1.82) is 0 Å². The van der Waals surface area contributed by atoms with Gasteiger partial charge in [0, 0.05) is 7.11 Å². The number of fused-ring (bicyclic) bond motifs is 1. The first-order valence-corrected chi connectivity index (χ1v) is 13.4. The molecule has 0 aliphatic carbocycles. The number of phosphoric acid groups is 3. The maximum absolute atomic E-state index is 15.3. The SMILES string of the molecule is CO[C@H]1[C@H](n2cnc3c(N)nc(N)nc32)O[C@](C)(COP(=O)(O)OP(=O)(O)OP(=O)(O)O)[C@H]1F. The molecule has 22 heteroatoms. The largest absolute Gasteiger partial charge is 0.490 e. The zero-order chi connectivity index (χ0) is 25.7. The van der Waals surface area contributed by atoms with Gasteiger partial charge in [0.2, 0.25) is 5.95 Å². The molecule has 1 aliphatic heterocycles. The van der Waals surface area contributed by atoms with Gasteiger partial charge < -0.3 is 40.5 Å². The summed E-state index contributed by atoms with van der Waals surface area (Å²) >= 11 is 0. The highest BCUT2D eigenvalue weighted by atomic mass is 31.3. The molecule has 1 aliphatic rings. The summed E-state index contributed by atoms with van der Waals surface area (Å²) in [7, 11) is -15.7. The Balaban J connectivity index is 1.82. The maximum atomic E-state index is 15.3. The number of halogens is 1. The number of nitrogen functional groups attached to an aromatic ring is 2. The number of rotatable bonds is 9. The van der Waals surface area contributed by atoms with Crippen LogP contribution in [0.4, 0.5) is 16.2 Å². The van der Waals surface area contributed by atoms with Gasteiger partial charge in [-0.2, -0.15) is 18.6 Å². The number of aromatic nitrogens is 4. The average molecular weight is 552 g/mol. The number of anilines is 2. The predicted octanol–water partition coefficient (Wildman–Crippen LogP) is -0.0254. The molecule has 2 aromatic rings. The number of hydrogen-bond donors (Lipinski definition) is 6. The summed E-state index contributed by atoms with van der Waals surface area (Å²) in [5, 5.41) is 0. The van der Waals surface area contributed by atoms with E-state index in [1.807, 2.05) is 0 Å². The Hall–Kier alpha value is -1.59. The van der Waals surface area contributed by atoms with Crippen molar-refractivity contribution >= 4 is 46.4 Å². The summed E-state index contributed by atoms with van der Waals surface area (Å²) in [6.07, 6.45) is -3.44. The Labute approximate surface area is 189 Å². The number of nitrogens with two attached hydrogens (primary N) is 2. The van der Waals surface area contributed by atoms with Gasteiger partial charge in [-0.15, -0.1) is 0 Å². The van der Waals surface area contributed by atoms with E-state index in [1.165, 1.54) is 18.0 Å². The molecule has 3 rings (SSSR count). The lowest BCUT2D eigenvalue weighted by Gasteiger charge is -2.27. The van der Waals surface area contributed by atoms with Crippen LogP contribution in [0.1, 0.15) is 13.2 Å². The Kier molecular flexibility index (Phi) is 7.25. The summed E-state index contributed by atoms with van der Waals surface area (Å²) in [6, 6.07) is 0. The molecule has 6 atom stereocenters. The summed E-state index contributed by atoms with van der Waals surface area (Å²) in [4.78, 5) is 47.8. The fourth-order valence-electron chi connectivity index (χ4n) is 3.12. The van der Waals surface area contributed by atoms with E-state index in [9.17, 15) is 23.5 Å². The third-order valence-electron chi connectivity index (χ3n) is 4.49. The van der Waals surface area contributed by atoms with Crippen LogP contribution in [-0.4, -0.2) is 70.7 Å². The molecule has 2 aromatic heterocycles. The Morgan fingerprint density at radius 3 is 2.41 bits per heavy atom. The van der Waals surface area contributed by atoms with E-state index in [0.29, 0.717) is 0 Å². The number of methoxy groups -OCH3 is 1. The maximum Gasteiger partial charge on any atom is 0.490 e. The van der Waals surface area contributed by atoms with Crippen molar-refractivity contribution in [1.82, 2.24) is 19.5 Å². The topological polar surface area (TPSA) is 274 Å². The van der Waals surface area contributed by atoms with E-state index in [4.69, 9.17) is 30.7 Å². The van der Waals surface area contributed by atoms with Crippen molar-refractivity contribution in [2.45, 2.75) is 31.0 Å². The summed E-state index contributed by atoms with van der Waals surface area (Å²) in [5.41, 5.74) is 9.54. The molecule has 0 radical (unpaired) electrons. The van der Waals surface area contributed by atoms with Crippen molar-refractivity contribution in [2.24, 2.45) is 0 Å². The van der Waals surface area contributed by atoms with Gasteiger partial charge in [0.25, 0.3) is 0 Å². The third kappa shape index (κ3) is 5.79. The minimum Gasteiger partial charge on any atom is -0.382 e. The van der Waals surface area contributed by atoms with Crippen molar-refractivity contribution < 1.29 is 60.3 Å². The molecule has 0 saturated carbocycles. The van der Waals surface area contributed by atoms with Crippen LogP contribution in [0.15, 0.2) is 6.33 Å². The minimum absolute atomic E-state index is 0.0552. The molecule has 8 N–H and O–H groups in total. The van der Waals surface area contributed by atoms with Crippen LogP contribution in [0.3, 0.4) is 0 Å². The lowest BCUT2D eigenvalue weighted by molar-refractivity contribution is -0.106. The molecule has 0 bridgehead atoms. The van der Waals surface area contributed by atoms with Gasteiger partial charge in [-0.1, -0.05) is 0 Å². The van der Waals surface area contributed by atoms with Crippen LogP contribution < -0.4 is 11.5 Å². The van der Waals surface area contributed by atoms with E-state index in [2.05, 4.69) is 28.1 Å². The van der Waals surface area contributed by atoms with Crippen molar-refractivity contribution in [3.05, 3.63) is 6.33 Å². The first kappa shape index (κ1) is 27.0. The number of nitrogens with zero attached hydrogens (tertiary/aromatic N) is 4. The lowest BCUT2D eigenvalue weighted by Crippen LogP contribution is -2.41. The molecule has 1 saturated heterocycles. The van der Waals surface area contributed by atoms with Gasteiger partial charge in [-0.25, -0.2) is 23.1 Å². The second kappa shape index (κ2) is 9.13. The normalized spacial score (nSPS) is 29.2. The number of phosphoric ester groups is 1. The second-order valence-electron chi connectivity index (χ2n) is 7.08. The fourth-order valence-corrected chi connectivity index (χ4v) is 6.23. The quantitative estimate of drug-likeness (QED) is 0.223. The Bertz CT molecular complexity index is 1220. The van der Waals surface area contributed by atoms with E-state index >= 15 is 4.39 Å². The first-order chi connectivity index (χ1) is 15.5. The highest BCUT2D eigenvalue weighted by Crippen LogP contribution is 2.66. The van der Waals surface area contributed by atoms with Gasteiger partial charge in [0.05, 0.1) is 12.9 Å². The first-order valence-electron chi connectivity index (χ1n) is 8.85. The highest BCUT2D eigenvalue weighted by Gasteiger charge is 2.56. The van der Waals surface area contributed by atoms with Gasteiger partial charge in [0.15, 0.2) is 23.9 Å². The Morgan fingerprint density at radius 1 is 1.18 bits per heavy atom. The van der Waals surface area contributed by atoms with Gasteiger partial charge in [-0.3, -0.25) is 9.09 Å². The van der Waals surface area contributed by atoms with Crippen LogP contribution in [0.2, 0.25) is 0 Å². The zero-order valence-electron chi connectivity index (χ0n) is 17.2. The molecule has 18 nitrogen and oxygen atoms in total. The minimum atomic E-state index is -5.75. The molecule has 0 amide bonds.